The molecule has 0 bridgehead atoms. The van der Waals surface area contributed by atoms with Crippen LogP contribution in [0.15, 0.2) is 12.1 Å². The van der Waals surface area contributed by atoms with Crippen LogP contribution in [0.25, 0.3) is 0 Å². The third-order valence-electron chi connectivity index (χ3n) is 4.19. The van der Waals surface area contributed by atoms with Crippen LogP contribution in [0.5, 0.6) is 0 Å². The summed E-state index contributed by atoms with van der Waals surface area (Å²) in [5.74, 6) is 0.810. The fourth-order valence-corrected chi connectivity index (χ4v) is 3.42. The van der Waals surface area contributed by atoms with Crippen molar-refractivity contribution in [3.05, 3.63) is 34.4 Å². The first kappa shape index (κ1) is 13.6. The van der Waals surface area contributed by atoms with Gasteiger partial charge in [0.25, 0.3) is 0 Å². The lowest BCUT2D eigenvalue weighted by Gasteiger charge is -2.30. The number of benzene rings is 1. The van der Waals surface area contributed by atoms with Crippen molar-refractivity contribution in [3.8, 4) is 0 Å². The first-order chi connectivity index (χ1) is 8.52. The van der Waals surface area contributed by atoms with Crippen LogP contribution in [0.3, 0.4) is 0 Å². The van der Waals surface area contributed by atoms with Gasteiger partial charge in [0, 0.05) is 19.1 Å². The van der Waals surface area contributed by atoms with E-state index in [2.05, 4.69) is 44.7 Å². The molecule has 100 valence electrons. The van der Waals surface area contributed by atoms with Gasteiger partial charge in [-0.1, -0.05) is 24.6 Å². The van der Waals surface area contributed by atoms with E-state index in [-0.39, 0.29) is 0 Å². The quantitative estimate of drug-likeness (QED) is 0.888. The van der Waals surface area contributed by atoms with Crippen molar-refractivity contribution in [2.45, 2.75) is 40.2 Å². The normalized spacial score (nSPS) is 22.4. The fourth-order valence-electron chi connectivity index (χ4n) is 3.42. The second-order valence-corrected chi connectivity index (χ2v) is 5.95. The lowest BCUT2D eigenvalue weighted by atomic mass is 9.93. The van der Waals surface area contributed by atoms with Gasteiger partial charge in [0.15, 0.2) is 0 Å². The highest BCUT2D eigenvalue weighted by atomic mass is 15.2. The number of likely N-dealkylation sites (tertiary alicyclic amines) is 1. The molecule has 0 aromatic heterocycles. The predicted molar refractivity (Wildman–Crippen MR) is 77.8 cm³/mol. The molecule has 2 atom stereocenters. The van der Waals surface area contributed by atoms with E-state index in [1.807, 2.05) is 0 Å². The molecule has 0 amide bonds. The molecule has 2 N–H and O–H groups in total. The van der Waals surface area contributed by atoms with E-state index < -0.39 is 0 Å². The van der Waals surface area contributed by atoms with E-state index in [1.54, 1.807) is 0 Å². The average Bonchev–Trinajstić information content (AvgIpc) is 2.69. The van der Waals surface area contributed by atoms with E-state index in [0.717, 1.165) is 12.5 Å². The highest BCUT2D eigenvalue weighted by molar-refractivity contribution is 5.40. The minimum Gasteiger partial charge on any atom is -0.329 e. The topological polar surface area (TPSA) is 29.3 Å². The number of rotatable bonds is 3. The van der Waals surface area contributed by atoms with Crippen molar-refractivity contribution in [1.82, 2.24) is 4.90 Å². The zero-order chi connectivity index (χ0) is 13.3. The van der Waals surface area contributed by atoms with Crippen molar-refractivity contribution in [3.63, 3.8) is 0 Å². The molecule has 18 heavy (non-hydrogen) atoms. The Morgan fingerprint density at radius 1 is 1.28 bits per heavy atom. The molecule has 1 aromatic rings. The number of hydrogen-bond donors (Lipinski definition) is 1. The molecule has 0 radical (unpaired) electrons. The highest BCUT2D eigenvalue weighted by Crippen LogP contribution is 2.31. The van der Waals surface area contributed by atoms with Crippen molar-refractivity contribution in [2.24, 2.45) is 11.7 Å². The summed E-state index contributed by atoms with van der Waals surface area (Å²) < 4.78 is 0. The van der Waals surface area contributed by atoms with Crippen LogP contribution in [0, 0.1) is 26.7 Å². The van der Waals surface area contributed by atoms with Gasteiger partial charge in [-0.3, -0.25) is 4.90 Å². The number of nitrogens with two attached hydrogens (primary N) is 1. The van der Waals surface area contributed by atoms with Crippen molar-refractivity contribution >= 4 is 0 Å². The molecule has 0 saturated carbocycles. The Morgan fingerprint density at radius 2 is 1.89 bits per heavy atom. The zero-order valence-electron chi connectivity index (χ0n) is 12.2. The number of hydrogen-bond acceptors (Lipinski definition) is 2. The van der Waals surface area contributed by atoms with Gasteiger partial charge in [-0.15, -0.1) is 0 Å². The van der Waals surface area contributed by atoms with Gasteiger partial charge in [0.2, 0.25) is 0 Å². The fraction of sp³-hybridized carbons (Fsp3) is 0.625. The lowest BCUT2D eigenvalue weighted by Crippen LogP contribution is -2.33. The molecule has 1 aromatic carbocycles. The van der Waals surface area contributed by atoms with Crippen LogP contribution in [0.1, 0.15) is 41.6 Å². The van der Waals surface area contributed by atoms with Crippen LogP contribution >= 0.6 is 0 Å². The highest BCUT2D eigenvalue weighted by Gasteiger charge is 2.27. The van der Waals surface area contributed by atoms with Gasteiger partial charge < -0.3 is 5.73 Å². The smallest absolute Gasteiger partial charge is 0.0475 e. The second kappa shape index (κ2) is 5.41. The summed E-state index contributed by atoms with van der Waals surface area (Å²) in [6, 6.07) is 4.96. The molecule has 1 aliphatic heterocycles. The van der Waals surface area contributed by atoms with Gasteiger partial charge in [0.1, 0.15) is 0 Å². The summed E-state index contributed by atoms with van der Waals surface area (Å²) >= 11 is 0. The minimum absolute atomic E-state index is 0.399. The third-order valence-corrected chi connectivity index (χ3v) is 4.19. The Morgan fingerprint density at radius 3 is 2.33 bits per heavy atom. The van der Waals surface area contributed by atoms with Gasteiger partial charge >= 0.3 is 0 Å². The monoisotopic (exact) mass is 246 g/mol. The van der Waals surface area contributed by atoms with E-state index in [9.17, 15) is 0 Å². The van der Waals surface area contributed by atoms with Crippen molar-refractivity contribution < 1.29 is 0 Å². The summed E-state index contributed by atoms with van der Waals surface area (Å²) in [7, 11) is 0. The van der Waals surface area contributed by atoms with Crippen LogP contribution < -0.4 is 5.73 Å². The molecule has 0 spiro atoms. The molecular formula is C16H26N2. The summed E-state index contributed by atoms with van der Waals surface area (Å²) in [5.41, 5.74) is 11.6. The number of aryl methyl sites for hydroxylation is 3. The largest absolute Gasteiger partial charge is 0.329 e. The summed E-state index contributed by atoms with van der Waals surface area (Å²) in [4.78, 5) is 2.56. The van der Waals surface area contributed by atoms with Crippen molar-refractivity contribution in [1.29, 1.82) is 0 Å². The molecule has 1 saturated heterocycles. The van der Waals surface area contributed by atoms with Crippen LogP contribution in [0.2, 0.25) is 0 Å². The van der Waals surface area contributed by atoms with Crippen molar-refractivity contribution in [2.75, 3.05) is 19.6 Å². The molecular weight excluding hydrogens is 220 g/mol. The molecule has 2 nitrogen and oxygen atoms in total. The Hall–Kier alpha value is -0.860. The maximum atomic E-state index is 6.06. The molecule has 2 unspecified atom stereocenters. The van der Waals surface area contributed by atoms with Gasteiger partial charge in [-0.25, -0.2) is 0 Å². The zero-order valence-corrected chi connectivity index (χ0v) is 12.2. The number of nitrogens with zero attached hydrogens (tertiary/aromatic N) is 1. The molecule has 2 rings (SSSR count). The summed E-state index contributed by atoms with van der Waals surface area (Å²) in [6.45, 7) is 12.0. The van der Waals surface area contributed by atoms with Crippen LogP contribution in [0.4, 0.5) is 0 Å². The SMILES string of the molecule is Cc1cc(C)c(C(CN)N2CCC(C)C2)c(C)c1. The second-order valence-electron chi connectivity index (χ2n) is 5.95. The third kappa shape index (κ3) is 2.60. The predicted octanol–water partition coefficient (Wildman–Crippen LogP) is 2.95. The molecule has 2 heteroatoms. The van der Waals surface area contributed by atoms with Crippen LogP contribution in [-0.2, 0) is 0 Å². The molecule has 1 aliphatic rings. The Labute approximate surface area is 111 Å². The summed E-state index contributed by atoms with van der Waals surface area (Å²) in [6.07, 6.45) is 1.31. The first-order valence-electron chi connectivity index (χ1n) is 7.04. The van der Waals surface area contributed by atoms with Gasteiger partial charge in [-0.2, -0.15) is 0 Å². The standard InChI is InChI=1S/C16H26N2/c1-11-5-6-18(10-11)15(9-17)16-13(3)7-12(2)8-14(16)4/h7-8,11,15H,5-6,9-10,17H2,1-4H3. The maximum Gasteiger partial charge on any atom is 0.0475 e. The Kier molecular flexibility index (Phi) is 4.08. The Balaban J connectivity index is 2.33. The minimum atomic E-state index is 0.399. The van der Waals surface area contributed by atoms with E-state index in [0.29, 0.717) is 6.04 Å². The molecule has 1 fully saturated rings. The average molecular weight is 246 g/mol. The first-order valence-corrected chi connectivity index (χ1v) is 7.04. The maximum absolute atomic E-state index is 6.06. The van der Waals surface area contributed by atoms with E-state index in [4.69, 9.17) is 5.73 Å². The lowest BCUT2D eigenvalue weighted by molar-refractivity contribution is 0.242. The van der Waals surface area contributed by atoms with Crippen LogP contribution in [-0.4, -0.2) is 24.5 Å². The molecule has 1 heterocycles. The van der Waals surface area contributed by atoms with Gasteiger partial charge in [-0.05, 0) is 56.3 Å². The van der Waals surface area contributed by atoms with Gasteiger partial charge in [0.05, 0.1) is 0 Å². The Bertz CT molecular complexity index is 402. The summed E-state index contributed by atoms with van der Waals surface area (Å²) in [5, 5.41) is 0. The van der Waals surface area contributed by atoms with E-state index >= 15 is 0 Å². The molecule has 0 aliphatic carbocycles. The van der Waals surface area contributed by atoms with E-state index in [1.165, 1.54) is 41.8 Å².